The van der Waals surface area contributed by atoms with E-state index in [-0.39, 0.29) is 23.9 Å². The summed E-state index contributed by atoms with van der Waals surface area (Å²) < 4.78 is 3.28. The van der Waals surface area contributed by atoms with Crippen molar-refractivity contribution in [1.29, 1.82) is 0 Å². The van der Waals surface area contributed by atoms with Crippen LogP contribution in [0.1, 0.15) is 28.3 Å². The monoisotopic (exact) mass is 304 g/mol. The van der Waals surface area contributed by atoms with Crippen molar-refractivity contribution in [2.75, 3.05) is 12.4 Å². The molecule has 0 aliphatic heterocycles. The minimum atomic E-state index is -0.338. The van der Waals surface area contributed by atoms with E-state index in [0.717, 1.165) is 11.4 Å². The Morgan fingerprint density at radius 2 is 2.00 bits per heavy atom. The molecule has 0 fully saturated rings. The molecule has 2 aromatic heterocycles. The van der Waals surface area contributed by atoms with Crippen molar-refractivity contribution in [2.45, 2.75) is 26.8 Å². The summed E-state index contributed by atoms with van der Waals surface area (Å²) in [5.74, 6) is -0.528. The van der Waals surface area contributed by atoms with Gasteiger partial charge in [-0.2, -0.15) is 10.2 Å². The lowest BCUT2D eigenvalue weighted by Crippen LogP contribution is -2.22. The van der Waals surface area contributed by atoms with Crippen LogP contribution in [0.4, 0.5) is 5.69 Å². The summed E-state index contributed by atoms with van der Waals surface area (Å²) in [4.78, 5) is 23.8. The minimum absolute atomic E-state index is 0.189. The SMILES string of the molecule is CNC(=O)c1nn(C)cc1NC(=O)CCn1nc(C)cc1C. The van der Waals surface area contributed by atoms with Gasteiger partial charge in [0.15, 0.2) is 5.69 Å². The van der Waals surface area contributed by atoms with E-state index < -0.39 is 0 Å². The van der Waals surface area contributed by atoms with E-state index in [1.165, 1.54) is 11.7 Å². The third-order valence-corrected chi connectivity index (χ3v) is 3.20. The zero-order chi connectivity index (χ0) is 16.3. The maximum Gasteiger partial charge on any atom is 0.273 e. The van der Waals surface area contributed by atoms with Crippen LogP contribution in [0.5, 0.6) is 0 Å². The first-order chi connectivity index (χ1) is 10.4. The van der Waals surface area contributed by atoms with Crippen molar-refractivity contribution in [3.05, 3.63) is 29.3 Å². The summed E-state index contributed by atoms with van der Waals surface area (Å²) in [5.41, 5.74) is 2.54. The molecular weight excluding hydrogens is 284 g/mol. The highest BCUT2D eigenvalue weighted by Gasteiger charge is 2.16. The number of carbonyl (C=O) groups excluding carboxylic acids is 2. The largest absolute Gasteiger partial charge is 0.354 e. The number of rotatable bonds is 5. The molecule has 2 heterocycles. The van der Waals surface area contributed by atoms with Crippen molar-refractivity contribution in [2.24, 2.45) is 7.05 Å². The Balaban J connectivity index is 2.00. The second-order valence-corrected chi connectivity index (χ2v) is 5.09. The number of nitrogens with one attached hydrogen (secondary N) is 2. The van der Waals surface area contributed by atoms with E-state index in [9.17, 15) is 9.59 Å². The summed E-state index contributed by atoms with van der Waals surface area (Å²) in [6.07, 6.45) is 1.87. The average Bonchev–Trinajstić information content (AvgIpc) is 2.98. The van der Waals surface area contributed by atoms with Gasteiger partial charge in [0.05, 0.1) is 11.4 Å². The molecule has 0 saturated carbocycles. The van der Waals surface area contributed by atoms with Crippen LogP contribution in [-0.2, 0) is 18.4 Å². The van der Waals surface area contributed by atoms with Crippen LogP contribution in [0.15, 0.2) is 12.3 Å². The van der Waals surface area contributed by atoms with Gasteiger partial charge in [0, 0.05) is 39.0 Å². The molecule has 8 heteroatoms. The zero-order valence-corrected chi connectivity index (χ0v) is 13.2. The number of amides is 2. The van der Waals surface area contributed by atoms with Gasteiger partial charge < -0.3 is 10.6 Å². The van der Waals surface area contributed by atoms with Crippen LogP contribution in [0, 0.1) is 13.8 Å². The molecule has 2 N–H and O–H groups in total. The van der Waals surface area contributed by atoms with Crippen LogP contribution < -0.4 is 10.6 Å². The number of aromatic nitrogens is 4. The summed E-state index contributed by atoms with van der Waals surface area (Å²) in [6.45, 7) is 4.35. The Bertz CT molecular complexity index is 700. The minimum Gasteiger partial charge on any atom is -0.354 e. The third-order valence-electron chi connectivity index (χ3n) is 3.20. The predicted molar refractivity (Wildman–Crippen MR) is 81.5 cm³/mol. The van der Waals surface area contributed by atoms with Gasteiger partial charge in [-0.1, -0.05) is 0 Å². The predicted octanol–water partition coefficient (Wildman–Crippen LogP) is 0.622. The van der Waals surface area contributed by atoms with Crippen LogP contribution in [0.2, 0.25) is 0 Å². The molecule has 0 bridgehead atoms. The summed E-state index contributed by atoms with van der Waals surface area (Å²) in [7, 11) is 3.21. The van der Waals surface area contributed by atoms with E-state index in [2.05, 4.69) is 20.8 Å². The van der Waals surface area contributed by atoms with E-state index in [4.69, 9.17) is 0 Å². The Labute approximate surface area is 128 Å². The highest BCUT2D eigenvalue weighted by atomic mass is 16.2. The zero-order valence-electron chi connectivity index (χ0n) is 13.2. The number of carbonyl (C=O) groups is 2. The van der Waals surface area contributed by atoms with Gasteiger partial charge in [-0.3, -0.25) is 19.0 Å². The molecule has 0 radical (unpaired) electrons. The summed E-state index contributed by atoms with van der Waals surface area (Å²) in [6, 6.07) is 1.96. The number of hydrogen-bond donors (Lipinski definition) is 2. The summed E-state index contributed by atoms with van der Waals surface area (Å²) in [5, 5.41) is 13.6. The molecule has 2 amide bonds. The van der Waals surface area contributed by atoms with Crippen molar-refractivity contribution >= 4 is 17.5 Å². The van der Waals surface area contributed by atoms with Gasteiger partial charge in [0.1, 0.15) is 0 Å². The first-order valence-electron chi connectivity index (χ1n) is 6.97. The molecule has 2 aromatic rings. The topological polar surface area (TPSA) is 93.8 Å². The molecular formula is C14H20N6O2. The van der Waals surface area contributed by atoms with Gasteiger partial charge in [0.25, 0.3) is 5.91 Å². The Hall–Kier alpha value is -2.64. The molecule has 0 aliphatic carbocycles. The molecule has 0 spiro atoms. The Kier molecular flexibility index (Phi) is 4.59. The molecule has 8 nitrogen and oxygen atoms in total. The fourth-order valence-electron chi connectivity index (χ4n) is 2.19. The maximum atomic E-state index is 12.1. The van der Waals surface area contributed by atoms with Crippen molar-refractivity contribution < 1.29 is 9.59 Å². The lowest BCUT2D eigenvalue weighted by molar-refractivity contribution is -0.116. The van der Waals surface area contributed by atoms with Crippen molar-refractivity contribution in [3.63, 3.8) is 0 Å². The second-order valence-electron chi connectivity index (χ2n) is 5.09. The first-order valence-corrected chi connectivity index (χ1v) is 6.97. The first kappa shape index (κ1) is 15.7. The molecule has 2 rings (SSSR count). The smallest absolute Gasteiger partial charge is 0.273 e. The Morgan fingerprint density at radius 3 is 2.59 bits per heavy atom. The second kappa shape index (κ2) is 6.42. The number of nitrogens with zero attached hydrogens (tertiary/aromatic N) is 4. The molecule has 0 aromatic carbocycles. The van der Waals surface area contributed by atoms with E-state index in [1.807, 2.05) is 19.9 Å². The lowest BCUT2D eigenvalue weighted by atomic mass is 10.3. The third kappa shape index (κ3) is 3.51. The highest BCUT2D eigenvalue weighted by molar-refractivity contribution is 6.02. The van der Waals surface area contributed by atoms with Crippen LogP contribution in [-0.4, -0.2) is 38.4 Å². The Morgan fingerprint density at radius 1 is 1.27 bits per heavy atom. The molecule has 0 saturated heterocycles. The van der Waals surface area contributed by atoms with E-state index in [0.29, 0.717) is 12.2 Å². The van der Waals surface area contributed by atoms with Crippen LogP contribution in [0.25, 0.3) is 0 Å². The molecule has 0 aliphatic rings. The maximum absolute atomic E-state index is 12.1. The summed E-state index contributed by atoms with van der Waals surface area (Å²) >= 11 is 0. The van der Waals surface area contributed by atoms with Gasteiger partial charge in [-0.25, -0.2) is 0 Å². The van der Waals surface area contributed by atoms with E-state index in [1.54, 1.807) is 17.9 Å². The fourth-order valence-corrected chi connectivity index (χ4v) is 2.19. The number of anilines is 1. The van der Waals surface area contributed by atoms with Crippen molar-refractivity contribution in [1.82, 2.24) is 24.9 Å². The molecule has 118 valence electrons. The van der Waals surface area contributed by atoms with Gasteiger partial charge >= 0.3 is 0 Å². The average molecular weight is 304 g/mol. The highest BCUT2D eigenvalue weighted by Crippen LogP contribution is 2.13. The van der Waals surface area contributed by atoms with Crippen LogP contribution in [0.3, 0.4) is 0 Å². The van der Waals surface area contributed by atoms with Gasteiger partial charge in [0.2, 0.25) is 5.91 Å². The molecule has 0 atom stereocenters. The molecule has 22 heavy (non-hydrogen) atoms. The van der Waals surface area contributed by atoms with Crippen LogP contribution >= 0.6 is 0 Å². The molecule has 0 unspecified atom stereocenters. The lowest BCUT2D eigenvalue weighted by Gasteiger charge is -2.06. The normalized spacial score (nSPS) is 10.5. The quantitative estimate of drug-likeness (QED) is 0.847. The number of hydrogen-bond acceptors (Lipinski definition) is 4. The van der Waals surface area contributed by atoms with Crippen molar-refractivity contribution in [3.8, 4) is 0 Å². The van der Waals surface area contributed by atoms with Gasteiger partial charge in [-0.05, 0) is 19.9 Å². The standard InChI is InChI=1S/C14H20N6O2/c1-9-7-10(2)20(17-9)6-5-12(21)16-11-8-19(4)18-13(11)14(22)15-3/h7-8H,5-6H2,1-4H3,(H,15,22)(H,16,21). The van der Waals surface area contributed by atoms with E-state index >= 15 is 0 Å². The fraction of sp³-hybridized carbons (Fsp3) is 0.429. The van der Waals surface area contributed by atoms with Gasteiger partial charge in [-0.15, -0.1) is 0 Å². The number of aryl methyl sites for hydroxylation is 4.